The standard InChI is InChI=1S/C36H39NOS2/c1-26(40-22-21-27-13-7-5-8-14-27)32-24-36(2,3)37(34(25-39)28-15-9-6-10-16-28)33-20-19-29(23-31(32)33)30-17-11-12-18-35(30)38-4/h5-20,23-24,26,34,39H,21-22,25H2,1-4H3. The lowest BCUT2D eigenvalue weighted by atomic mass is 9.83. The largest absolute Gasteiger partial charge is 0.496 e. The van der Waals surface area contributed by atoms with E-state index in [1.807, 2.05) is 23.9 Å². The van der Waals surface area contributed by atoms with Gasteiger partial charge in [0.1, 0.15) is 5.75 Å². The van der Waals surface area contributed by atoms with Gasteiger partial charge in [-0.2, -0.15) is 24.4 Å². The number of nitrogens with zero attached hydrogens (tertiary/aromatic N) is 1. The van der Waals surface area contributed by atoms with Crippen molar-refractivity contribution >= 4 is 35.7 Å². The number of anilines is 1. The second-order valence-corrected chi connectivity index (χ2v) is 12.7. The van der Waals surface area contributed by atoms with Gasteiger partial charge < -0.3 is 9.64 Å². The van der Waals surface area contributed by atoms with E-state index in [1.165, 1.54) is 33.5 Å². The SMILES string of the molecule is COc1ccccc1-c1ccc2c(c1)C(C(C)SCCc1ccccc1)=CC(C)(C)N2C(CS)c1ccccc1. The molecule has 1 aliphatic rings. The van der Waals surface area contributed by atoms with Gasteiger partial charge in [0.25, 0.3) is 0 Å². The molecule has 40 heavy (non-hydrogen) atoms. The molecule has 0 aliphatic carbocycles. The highest BCUT2D eigenvalue weighted by Gasteiger charge is 2.38. The lowest BCUT2D eigenvalue weighted by Gasteiger charge is -2.48. The lowest BCUT2D eigenvalue weighted by molar-refractivity contribution is 0.416. The van der Waals surface area contributed by atoms with Gasteiger partial charge in [0.2, 0.25) is 0 Å². The molecule has 0 saturated carbocycles. The highest BCUT2D eigenvalue weighted by atomic mass is 32.2. The predicted octanol–water partition coefficient (Wildman–Crippen LogP) is 9.38. The number of fused-ring (bicyclic) bond motifs is 1. The molecule has 2 nitrogen and oxygen atoms in total. The molecule has 1 heterocycles. The molecule has 4 aromatic carbocycles. The summed E-state index contributed by atoms with van der Waals surface area (Å²) >= 11 is 6.91. The highest BCUT2D eigenvalue weighted by molar-refractivity contribution is 8.00. The number of ether oxygens (including phenoxy) is 1. The van der Waals surface area contributed by atoms with Crippen molar-refractivity contribution in [1.82, 2.24) is 0 Å². The summed E-state index contributed by atoms with van der Waals surface area (Å²) in [6, 6.07) is 36.9. The first-order valence-electron chi connectivity index (χ1n) is 14.0. The molecule has 0 N–H and O–H groups in total. The minimum absolute atomic E-state index is 0.147. The van der Waals surface area contributed by atoms with Crippen LogP contribution >= 0.6 is 24.4 Å². The van der Waals surface area contributed by atoms with Crippen LogP contribution in [0.3, 0.4) is 0 Å². The third-order valence-corrected chi connectivity index (χ3v) is 9.36. The molecule has 0 saturated heterocycles. The Bertz CT molecular complexity index is 1450. The molecule has 0 radical (unpaired) electrons. The molecule has 0 bridgehead atoms. The average molecular weight is 566 g/mol. The summed E-state index contributed by atoms with van der Waals surface area (Å²) in [5.74, 6) is 2.70. The Kier molecular flexibility index (Phi) is 8.97. The maximum absolute atomic E-state index is 5.74. The maximum Gasteiger partial charge on any atom is 0.126 e. The minimum atomic E-state index is -0.189. The molecule has 2 atom stereocenters. The average Bonchev–Trinajstić information content (AvgIpc) is 2.99. The molecule has 2 unspecified atom stereocenters. The van der Waals surface area contributed by atoms with E-state index >= 15 is 0 Å². The summed E-state index contributed by atoms with van der Waals surface area (Å²) < 4.78 is 5.74. The van der Waals surface area contributed by atoms with Crippen LogP contribution in [0.15, 0.2) is 109 Å². The number of methoxy groups -OCH3 is 1. The fraction of sp³-hybridized carbons (Fsp3) is 0.278. The molecule has 0 aromatic heterocycles. The molecule has 5 rings (SSSR count). The third kappa shape index (κ3) is 5.99. The van der Waals surface area contributed by atoms with Crippen molar-refractivity contribution in [2.75, 3.05) is 23.5 Å². The number of hydrogen-bond donors (Lipinski definition) is 1. The van der Waals surface area contributed by atoms with E-state index in [1.54, 1.807) is 7.11 Å². The van der Waals surface area contributed by atoms with Crippen LogP contribution in [0.4, 0.5) is 5.69 Å². The van der Waals surface area contributed by atoms with E-state index in [4.69, 9.17) is 17.4 Å². The maximum atomic E-state index is 5.74. The summed E-state index contributed by atoms with van der Waals surface area (Å²) in [4.78, 5) is 2.57. The number of aryl methyl sites for hydroxylation is 1. The van der Waals surface area contributed by atoms with Crippen LogP contribution < -0.4 is 9.64 Å². The van der Waals surface area contributed by atoms with Crippen molar-refractivity contribution < 1.29 is 4.74 Å². The van der Waals surface area contributed by atoms with Gasteiger partial charge in [0.05, 0.1) is 18.7 Å². The Morgan fingerprint density at radius 1 is 0.850 bits per heavy atom. The number of para-hydroxylation sites is 1. The van der Waals surface area contributed by atoms with Crippen molar-refractivity contribution in [3.8, 4) is 16.9 Å². The number of hydrogen-bond acceptors (Lipinski definition) is 4. The van der Waals surface area contributed by atoms with Crippen molar-refractivity contribution in [3.05, 3.63) is 126 Å². The van der Waals surface area contributed by atoms with Crippen LogP contribution in [-0.4, -0.2) is 29.4 Å². The van der Waals surface area contributed by atoms with Gasteiger partial charge in [0.15, 0.2) is 0 Å². The van der Waals surface area contributed by atoms with Crippen LogP contribution in [0.25, 0.3) is 16.7 Å². The normalized spacial score (nSPS) is 15.6. The summed E-state index contributed by atoms with van der Waals surface area (Å²) in [5, 5.41) is 0.350. The van der Waals surface area contributed by atoms with E-state index in [-0.39, 0.29) is 11.6 Å². The Hall–Kier alpha value is -3.08. The molecule has 1 aliphatic heterocycles. The molecule has 0 fully saturated rings. The zero-order valence-corrected chi connectivity index (χ0v) is 25.6. The first-order chi connectivity index (χ1) is 19.4. The zero-order valence-electron chi connectivity index (χ0n) is 23.9. The highest BCUT2D eigenvalue weighted by Crippen LogP contribution is 2.48. The second kappa shape index (κ2) is 12.6. The monoisotopic (exact) mass is 565 g/mol. The van der Waals surface area contributed by atoms with Gasteiger partial charge in [-0.15, -0.1) is 0 Å². The van der Waals surface area contributed by atoms with Gasteiger partial charge in [-0.3, -0.25) is 0 Å². The predicted molar refractivity (Wildman–Crippen MR) is 178 cm³/mol. The van der Waals surface area contributed by atoms with Gasteiger partial charge in [0, 0.05) is 27.8 Å². The lowest BCUT2D eigenvalue weighted by Crippen LogP contribution is -2.48. The van der Waals surface area contributed by atoms with E-state index in [0.717, 1.165) is 29.2 Å². The Balaban J connectivity index is 1.57. The number of thioether (sulfide) groups is 1. The smallest absolute Gasteiger partial charge is 0.126 e. The van der Waals surface area contributed by atoms with Gasteiger partial charge in [-0.1, -0.05) is 91.0 Å². The summed E-state index contributed by atoms with van der Waals surface area (Å²) in [7, 11) is 1.75. The van der Waals surface area contributed by atoms with E-state index < -0.39 is 0 Å². The van der Waals surface area contributed by atoms with Crippen molar-refractivity contribution in [1.29, 1.82) is 0 Å². The fourth-order valence-electron chi connectivity index (χ4n) is 5.87. The van der Waals surface area contributed by atoms with Crippen molar-refractivity contribution in [3.63, 3.8) is 0 Å². The summed E-state index contributed by atoms with van der Waals surface area (Å²) in [6.45, 7) is 7.04. The zero-order chi connectivity index (χ0) is 28.1. The third-order valence-electron chi connectivity index (χ3n) is 7.82. The van der Waals surface area contributed by atoms with E-state index in [2.05, 4.69) is 123 Å². The molecule has 4 aromatic rings. The number of rotatable bonds is 10. The topological polar surface area (TPSA) is 12.5 Å². The molecule has 0 amide bonds. The molecular formula is C36H39NOS2. The van der Waals surface area contributed by atoms with Crippen LogP contribution in [0, 0.1) is 0 Å². The molecule has 4 heteroatoms. The van der Waals surface area contributed by atoms with Gasteiger partial charge >= 0.3 is 0 Å². The first-order valence-corrected chi connectivity index (χ1v) is 15.7. The minimum Gasteiger partial charge on any atom is -0.496 e. The van der Waals surface area contributed by atoms with Crippen molar-refractivity contribution in [2.45, 2.75) is 44.0 Å². The fourth-order valence-corrected chi connectivity index (χ4v) is 7.33. The van der Waals surface area contributed by atoms with Gasteiger partial charge in [-0.05, 0) is 73.4 Å². The Labute approximate surface area is 249 Å². The Morgan fingerprint density at radius 3 is 2.23 bits per heavy atom. The molecule has 0 spiro atoms. The van der Waals surface area contributed by atoms with E-state index in [9.17, 15) is 0 Å². The quantitative estimate of drug-likeness (QED) is 0.192. The Morgan fingerprint density at radius 2 is 1.52 bits per heavy atom. The second-order valence-electron chi connectivity index (χ2n) is 10.9. The van der Waals surface area contributed by atoms with Gasteiger partial charge in [-0.25, -0.2) is 0 Å². The van der Waals surface area contributed by atoms with Crippen LogP contribution in [0.5, 0.6) is 5.75 Å². The van der Waals surface area contributed by atoms with Crippen LogP contribution in [0.1, 0.15) is 43.5 Å². The first kappa shape index (κ1) is 28.4. The van der Waals surface area contributed by atoms with Crippen LogP contribution in [0.2, 0.25) is 0 Å². The van der Waals surface area contributed by atoms with Crippen LogP contribution in [-0.2, 0) is 6.42 Å². The molecule has 206 valence electrons. The summed E-state index contributed by atoms with van der Waals surface area (Å²) in [6.07, 6.45) is 3.57. The number of thiol groups is 1. The van der Waals surface area contributed by atoms with E-state index in [0.29, 0.717) is 5.25 Å². The van der Waals surface area contributed by atoms with Crippen molar-refractivity contribution in [2.24, 2.45) is 0 Å². The molecular weight excluding hydrogens is 527 g/mol. The number of benzene rings is 4. The summed E-state index contributed by atoms with van der Waals surface area (Å²) in [5.41, 5.74) is 8.73.